The van der Waals surface area contributed by atoms with Gasteiger partial charge in [-0.05, 0) is 38.4 Å². The average Bonchev–Trinajstić information content (AvgIpc) is 2.73. The number of aliphatic carboxylic acids is 1. The number of benzene rings is 1. The fourth-order valence-electron chi connectivity index (χ4n) is 4.08. The van der Waals surface area contributed by atoms with Crippen molar-refractivity contribution in [2.45, 2.75) is 37.5 Å². The normalized spacial score (nSPS) is 34.5. The lowest BCUT2D eigenvalue weighted by molar-refractivity contribution is -0.161. The highest BCUT2D eigenvalue weighted by molar-refractivity contribution is 6.13. The van der Waals surface area contributed by atoms with E-state index in [1.807, 2.05) is 11.9 Å². The van der Waals surface area contributed by atoms with Gasteiger partial charge in [-0.1, -0.05) is 12.1 Å². The number of Topliss-reactive ketones (excluding diaryl/α,β-unsaturated/α-hetero) is 1. The third-order valence-corrected chi connectivity index (χ3v) is 5.23. The number of nitrogens with zero attached hydrogens (tertiary/aromatic N) is 1. The van der Waals surface area contributed by atoms with Gasteiger partial charge in [-0.2, -0.15) is 0 Å². The Labute approximate surface area is 128 Å². The van der Waals surface area contributed by atoms with Crippen LogP contribution in [0.3, 0.4) is 0 Å². The minimum absolute atomic E-state index is 0.102. The second-order valence-electron chi connectivity index (χ2n) is 6.22. The number of ketones is 1. The lowest BCUT2D eigenvalue weighted by Gasteiger charge is -2.46. The van der Waals surface area contributed by atoms with Crippen LogP contribution < -0.4 is 0 Å². The molecule has 3 N–H and O–H groups in total. The number of aromatic hydroxyl groups is 1. The second kappa shape index (κ2) is 5.07. The minimum atomic E-state index is -1.88. The van der Waals surface area contributed by atoms with Gasteiger partial charge >= 0.3 is 5.97 Å². The van der Waals surface area contributed by atoms with Crippen LogP contribution in [0.1, 0.15) is 29.6 Å². The first-order chi connectivity index (χ1) is 10.4. The van der Waals surface area contributed by atoms with Crippen molar-refractivity contribution in [1.29, 1.82) is 0 Å². The smallest absolute Gasteiger partial charge is 0.321 e. The number of piperidine rings is 1. The van der Waals surface area contributed by atoms with Crippen molar-refractivity contribution in [1.82, 2.24) is 4.90 Å². The average molecular weight is 305 g/mol. The molecule has 22 heavy (non-hydrogen) atoms. The summed E-state index contributed by atoms with van der Waals surface area (Å²) in [6, 6.07) is 5.22. The molecule has 0 aromatic heterocycles. The van der Waals surface area contributed by atoms with Crippen LogP contribution in [0.25, 0.3) is 0 Å². The van der Waals surface area contributed by atoms with E-state index in [0.29, 0.717) is 6.42 Å². The van der Waals surface area contributed by atoms with Gasteiger partial charge in [-0.25, -0.2) is 0 Å². The monoisotopic (exact) mass is 305 g/mol. The quantitative estimate of drug-likeness (QED) is 0.566. The highest BCUT2D eigenvalue weighted by atomic mass is 16.4. The largest absolute Gasteiger partial charge is 0.508 e. The molecule has 6 heteroatoms. The Morgan fingerprint density at radius 2 is 2.05 bits per heavy atom. The van der Waals surface area contributed by atoms with Gasteiger partial charge in [0, 0.05) is 17.6 Å². The van der Waals surface area contributed by atoms with E-state index in [2.05, 4.69) is 0 Å². The molecule has 0 radical (unpaired) electrons. The predicted octanol–water partition coefficient (Wildman–Crippen LogP) is 0.873. The first-order valence-electron chi connectivity index (χ1n) is 7.36. The minimum Gasteiger partial charge on any atom is -0.508 e. The lowest BCUT2D eigenvalue weighted by atomic mass is 9.67. The molecular weight excluding hydrogens is 286 g/mol. The number of carboxylic acid groups (broad SMARTS) is 1. The van der Waals surface area contributed by atoms with E-state index in [1.165, 1.54) is 24.3 Å². The third-order valence-electron chi connectivity index (χ3n) is 5.23. The summed E-state index contributed by atoms with van der Waals surface area (Å²) in [5.74, 6) is -2.04. The molecule has 1 aromatic carbocycles. The summed E-state index contributed by atoms with van der Waals surface area (Å²) >= 11 is 0. The number of aliphatic hydroxyl groups is 1. The Hall–Kier alpha value is -1.92. The van der Waals surface area contributed by atoms with Crippen LogP contribution in [0.4, 0.5) is 0 Å². The van der Waals surface area contributed by atoms with Crippen molar-refractivity contribution in [3.8, 4) is 5.75 Å². The second-order valence-corrected chi connectivity index (χ2v) is 6.22. The maximum Gasteiger partial charge on any atom is 0.321 e. The van der Waals surface area contributed by atoms with Crippen LogP contribution in [0, 0.1) is 5.41 Å². The zero-order valence-corrected chi connectivity index (χ0v) is 12.3. The molecule has 2 bridgehead atoms. The molecule has 2 heterocycles. The number of hydrogen-bond acceptors (Lipinski definition) is 5. The van der Waals surface area contributed by atoms with Crippen LogP contribution >= 0.6 is 0 Å². The van der Waals surface area contributed by atoms with Crippen LogP contribution in [0.2, 0.25) is 0 Å². The fourth-order valence-corrected chi connectivity index (χ4v) is 4.08. The van der Waals surface area contributed by atoms with E-state index >= 15 is 0 Å². The number of fused-ring (bicyclic) bond motifs is 2. The van der Waals surface area contributed by atoms with Gasteiger partial charge in [0.2, 0.25) is 0 Å². The molecule has 2 fully saturated rings. The Morgan fingerprint density at radius 1 is 1.32 bits per heavy atom. The highest BCUT2D eigenvalue weighted by Crippen LogP contribution is 2.48. The summed E-state index contributed by atoms with van der Waals surface area (Å²) in [5, 5.41) is 29.9. The van der Waals surface area contributed by atoms with Gasteiger partial charge in [-0.15, -0.1) is 0 Å². The summed E-state index contributed by atoms with van der Waals surface area (Å²) < 4.78 is 0. The van der Waals surface area contributed by atoms with Crippen LogP contribution in [0.15, 0.2) is 24.3 Å². The number of hydrogen-bond donors (Lipinski definition) is 3. The molecule has 0 unspecified atom stereocenters. The molecule has 6 nitrogen and oxygen atoms in total. The molecule has 0 saturated carbocycles. The Morgan fingerprint density at radius 3 is 2.68 bits per heavy atom. The number of carbonyl (C=O) groups excluding carboxylic acids is 1. The van der Waals surface area contributed by atoms with Crippen LogP contribution in [-0.4, -0.2) is 57.2 Å². The van der Waals surface area contributed by atoms with E-state index in [-0.39, 0.29) is 23.8 Å². The van der Waals surface area contributed by atoms with Crippen molar-refractivity contribution < 1.29 is 24.9 Å². The molecular formula is C16H19NO5. The molecule has 2 aliphatic heterocycles. The van der Waals surface area contributed by atoms with E-state index in [0.717, 1.165) is 6.42 Å². The number of phenolic OH excluding ortho intramolecular Hbond substituents is 1. The molecule has 118 valence electrons. The first-order valence-corrected chi connectivity index (χ1v) is 7.36. The summed E-state index contributed by atoms with van der Waals surface area (Å²) in [6.45, 7) is 0. The Balaban J connectivity index is 2.12. The Bertz CT molecular complexity index is 631. The van der Waals surface area contributed by atoms with E-state index in [9.17, 15) is 24.9 Å². The van der Waals surface area contributed by atoms with Gasteiger partial charge in [-0.3, -0.25) is 14.5 Å². The molecule has 0 amide bonds. The SMILES string of the molecule is CN1[C@H]2CC[C@@H]1[C@](C(=O)O)(C(=O)c1cccc(O)c1)[C@@H](O)C2. The molecule has 0 aliphatic carbocycles. The van der Waals surface area contributed by atoms with E-state index in [1.54, 1.807) is 0 Å². The fraction of sp³-hybridized carbons (Fsp3) is 0.500. The lowest BCUT2D eigenvalue weighted by Crippen LogP contribution is -2.64. The summed E-state index contributed by atoms with van der Waals surface area (Å²) in [7, 11) is 1.81. The van der Waals surface area contributed by atoms with Crippen LogP contribution in [-0.2, 0) is 4.79 Å². The molecule has 0 spiro atoms. The number of aliphatic hydroxyl groups excluding tert-OH is 1. The molecule has 1 aromatic rings. The first kappa shape index (κ1) is 15.0. The van der Waals surface area contributed by atoms with Gasteiger partial charge in [0.05, 0.1) is 6.10 Å². The summed E-state index contributed by atoms with van der Waals surface area (Å²) in [6.07, 6.45) is 0.382. The maximum absolute atomic E-state index is 13.0. The van der Waals surface area contributed by atoms with Crippen molar-refractivity contribution in [2.75, 3.05) is 7.05 Å². The number of rotatable bonds is 3. The summed E-state index contributed by atoms with van der Waals surface area (Å²) in [4.78, 5) is 26.9. The molecule has 3 rings (SSSR count). The van der Waals surface area contributed by atoms with Gasteiger partial charge < -0.3 is 15.3 Å². The zero-order chi connectivity index (χ0) is 16.1. The topological polar surface area (TPSA) is 98.1 Å². The van der Waals surface area contributed by atoms with Gasteiger partial charge in [0.15, 0.2) is 11.2 Å². The zero-order valence-electron chi connectivity index (χ0n) is 12.3. The number of carboxylic acids is 1. The predicted molar refractivity (Wildman–Crippen MR) is 77.7 cm³/mol. The van der Waals surface area contributed by atoms with Crippen molar-refractivity contribution in [3.05, 3.63) is 29.8 Å². The van der Waals surface area contributed by atoms with Crippen LogP contribution in [0.5, 0.6) is 5.75 Å². The third kappa shape index (κ3) is 1.87. The van der Waals surface area contributed by atoms with Crippen molar-refractivity contribution in [2.24, 2.45) is 5.41 Å². The van der Waals surface area contributed by atoms with Gasteiger partial charge in [0.25, 0.3) is 0 Å². The van der Waals surface area contributed by atoms with Crippen molar-refractivity contribution in [3.63, 3.8) is 0 Å². The Kier molecular flexibility index (Phi) is 3.45. The van der Waals surface area contributed by atoms with E-state index in [4.69, 9.17) is 0 Å². The molecule has 4 atom stereocenters. The molecule has 2 saturated heterocycles. The summed E-state index contributed by atoms with van der Waals surface area (Å²) in [5.41, 5.74) is -1.77. The number of phenols is 1. The standard InChI is InChI=1S/C16H19NO5/c1-17-10-5-6-12(17)16(15(21)22,13(19)8-10)14(20)9-3-2-4-11(18)7-9/h2-4,7,10,12-13,18-19H,5-6,8H2,1H3,(H,21,22)/t10-,12+,13-,16+/m0/s1. The molecule has 2 aliphatic rings. The maximum atomic E-state index is 13.0. The highest BCUT2D eigenvalue weighted by Gasteiger charge is 2.64. The van der Waals surface area contributed by atoms with Gasteiger partial charge in [0.1, 0.15) is 5.75 Å². The van der Waals surface area contributed by atoms with Crippen molar-refractivity contribution >= 4 is 11.8 Å². The van der Waals surface area contributed by atoms with E-state index < -0.39 is 29.3 Å². The number of carbonyl (C=O) groups is 2.